The maximum atomic E-state index is 5.78. The molecule has 1 saturated heterocycles. The molecule has 1 unspecified atom stereocenters. The van der Waals surface area contributed by atoms with Crippen LogP contribution in [0.2, 0.25) is 0 Å². The van der Waals surface area contributed by atoms with Crippen LogP contribution in [0.15, 0.2) is 0 Å². The van der Waals surface area contributed by atoms with Gasteiger partial charge in [-0.2, -0.15) is 0 Å². The summed E-state index contributed by atoms with van der Waals surface area (Å²) in [6, 6.07) is 0.680. The molecule has 0 spiro atoms. The quantitative estimate of drug-likeness (QED) is 0.609. The number of ether oxygens (including phenoxy) is 1. The zero-order valence-electron chi connectivity index (χ0n) is 9.25. The number of rotatable bonds is 5. The molecule has 2 heteroatoms. The van der Waals surface area contributed by atoms with Gasteiger partial charge in [-0.3, -0.25) is 4.90 Å². The summed E-state index contributed by atoms with van der Waals surface area (Å²) >= 11 is 0. The van der Waals surface area contributed by atoms with Crippen molar-refractivity contribution in [2.45, 2.75) is 52.2 Å². The fraction of sp³-hybridized carbons (Fsp3) is 1.00. The lowest BCUT2D eigenvalue weighted by atomic mass is 10.3. The van der Waals surface area contributed by atoms with Crippen LogP contribution in [-0.4, -0.2) is 36.7 Å². The van der Waals surface area contributed by atoms with Gasteiger partial charge >= 0.3 is 0 Å². The van der Waals surface area contributed by atoms with E-state index in [1.165, 1.54) is 25.8 Å². The summed E-state index contributed by atoms with van der Waals surface area (Å²) in [4.78, 5) is 2.50. The molecule has 1 rings (SSSR count). The average molecular weight is 185 g/mol. The Morgan fingerprint density at radius 2 is 2.23 bits per heavy atom. The molecule has 78 valence electrons. The van der Waals surface area contributed by atoms with Crippen molar-refractivity contribution in [1.82, 2.24) is 4.90 Å². The fourth-order valence-corrected chi connectivity index (χ4v) is 1.75. The molecular weight excluding hydrogens is 162 g/mol. The predicted octanol–water partition coefficient (Wildman–Crippen LogP) is 2.29. The van der Waals surface area contributed by atoms with Gasteiger partial charge in [-0.15, -0.1) is 0 Å². The molecule has 0 N–H and O–H groups in total. The van der Waals surface area contributed by atoms with Crippen molar-refractivity contribution in [2.75, 3.05) is 19.7 Å². The number of likely N-dealkylation sites (tertiary alicyclic amines) is 1. The molecule has 0 aromatic carbocycles. The molecule has 13 heavy (non-hydrogen) atoms. The highest BCUT2D eigenvalue weighted by Gasteiger charge is 2.24. The van der Waals surface area contributed by atoms with Crippen LogP contribution in [0.4, 0.5) is 0 Å². The van der Waals surface area contributed by atoms with E-state index < -0.39 is 0 Å². The standard InChI is InChI=1S/C11H23NO/c1-4-5-8-13-11-6-7-12(9-11)10(2)3/h10-11H,4-9H2,1-3H3. The second-order valence-electron chi connectivity index (χ2n) is 4.22. The highest BCUT2D eigenvalue weighted by Crippen LogP contribution is 2.15. The minimum Gasteiger partial charge on any atom is -0.377 e. The Kier molecular flexibility index (Phi) is 4.74. The van der Waals surface area contributed by atoms with Crippen LogP contribution < -0.4 is 0 Å². The molecule has 0 saturated carbocycles. The van der Waals surface area contributed by atoms with Gasteiger partial charge in [-0.1, -0.05) is 13.3 Å². The maximum absolute atomic E-state index is 5.78. The summed E-state index contributed by atoms with van der Waals surface area (Å²) in [5.41, 5.74) is 0. The first-order valence-corrected chi connectivity index (χ1v) is 5.59. The number of nitrogens with zero attached hydrogens (tertiary/aromatic N) is 1. The molecule has 2 nitrogen and oxygen atoms in total. The van der Waals surface area contributed by atoms with Crippen molar-refractivity contribution in [3.63, 3.8) is 0 Å². The molecular formula is C11H23NO. The van der Waals surface area contributed by atoms with Crippen LogP contribution in [0.1, 0.15) is 40.0 Å². The monoisotopic (exact) mass is 185 g/mol. The zero-order valence-corrected chi connectivity index (χ0v) is 9.25. The van der Waals surface area contributed by atoms with Gasteiger partial charge < -0.3 is 4.74 Å². The molecule has 1 fully saturated rings. The SMILES string of the molecule is CCCCOC1CCN(C(C)C)C1. The van der Waals surface area contributed by atoms with Crippen molar-refractivity contribution in [3.8, 4) is 0 Å². The first-order chi connectivity index (χ1) is 6.24. The summed E-state index contributed by atoms with van der Waals surface area (Å²) in [7, 11) is 0. The van der Waals surface area contributed by atoms with Crippen LogP contribution in [-0.2, 0) is 4.74 Å². The molecule has 1 aliphatic heterocycles. The van der Waals surface area contributed by atoms with Gasteiger partial charge in [-0.25, -0.2) is 0 Å². The summed E-state index contributed by atoms with van der Waals surface area (Å²) < 4.78 is 5.78. The zero-order chi connectivity index (χ0) is 9.68. The van der Waals surface area contributed by atoms with Crippen molar-refractivity contribution in [2.24, 2.45) is 0 Å². The van der Waals surface area contributed by atoms with Crippen LogP contribution in [0.5, 0.6) is 0 Å². The van der Waals surface area contributed by atoms with Crippen molar-refractivity contribution in [3.05, 3.63) is 0 Å². The Balaban J connectivity index is 2.10. The van der Waals surface area contributed by atoms with Gasteiger partial charge in [0.2, 0.25) is 0 Å². The lowest BCUT2D eigenvalue weighted by Crippen LogP contribution is -2.29. The Labute approximate surface area is 82.3 Å². The summed E-state index contributed by atoms with van der Waals surface area (Å²) in [6.45, 7) is 10.0. The van der Waals surface area contributed by atoms with E-state index in [9.17, 15) is 0 Å². The highest BCUT2D eigenvalue weighted by molar-refractivity contribution is 4.78. The van der Waals surface area contributed by atoms with E-state index in [0.717, 1.165) is 13.2 Å². The van der Waals surface area contributed by atoms with E-state index in [2.05, 4.69) is 25.7 Å². The van der Waals surface area contributed by atoms with Gasteiger partial charge in [0.25, 0.3) is 0 Å². The van der Waals surface area contributed by atoms with Crippen LogP contribution in [0.25, 0.3) is 0 Å². The average Bonchev–Trinajstić information content (AvgIpc) is 2.53. The minimum absolute atomic E-state index is 0.508. The molecule has 0 aliphatic carbocycles. The van der Waals surface area contributed by atoms with Gasteiger partial charge in [0, 0.05) is 25.7 Å². The Hall–Kier alpha value is -0.0800. The van der Waals surface area contributed by atoms with Crippen molar-refractivity contribution < 1.29 is 4.74 Å². The maximum Gasteiger partial charge on any atom is 0.0714 e. The Morgan fingerprint density at radius 1 is 1.46 bits per heavy atom. The molecule has 0 radical (unpaired) electrons. The normalized spacial score (nSPS) is 24.5. The summed E-state index contributed by atoms with van der Waals surface area (Å²) in [6.07, 6.45) is 4.18. The van der Waals surface area contributed by atoms with Gasteiger partial charge in [0.1, 0.15) is 0 Å². The van der Waals surface area contributed by atoms with Gasteiger partial charge in [0.05, 0.1) is 6.10 Å². The van der Waals surface area contributed by atoms with Crippen LogP contribution in [0.3, 0.4) is 0 Å². The molecule has 1 atom stereocenters. The summed E-state index contributed by atoms with van der Waals surface area (Å²) in [5.74, 6) is 0. The first kappa shape index (κ1) is 11.0. The van der Waals surface area contributed by atoms with Gasteiger partial charge in [0.15, 0.2) is 0 Å². The number of hydrogen-bond acceptors (Lipinski definition) is 2. The molecule has 0 amide bonds. The molecule has 0 aromatic rings. The first-order valence-electron chi connectivity index (χ1n) is 5.59. The second kappa shape index (κ2) is 5.61. The third-order valence-electron chi connectivity index (χ3n) is 2.76. The van der Waals surface area contributed by atoms with E-state index in [0.29, 0.717) is 12.1 Å². The van der Waals surface area contributed by atoms with E-state index in [1.54, 1.807) is 0 Å². The van der Waals surface area contributed by atoms with E-state index in [1.807, 2.05) is 0 Å². The third kappa shape index (κ3) is 3.65. The highest BCUT2D eigenvalue weighted by atomic mass is 16.5. The predicted molar refractivity (Wildman–Crippen MR) is 56.0 cm³/mol. The van der Waals surface area contributed by atoms with Crippen molar-refractivity contribution in [1.29, 1.82) is 0 Å². The lowest BCUT2D eigenvalue weighted by Gasteiger charge is -2.20. The number of hydrogen-bond donors (Lipinski definition) is 0. The second-order valence-corrected chi connectivity index (χ2v) is 4.22. The molecule has 1 aliphatic rings. The smallest absolute Gasteiger partial charge is 0.0714 e. The Morgan fingerprint density at radius 3 is 2.77 bits per heavy atom. The van der Waals surface area contributed by atoms with Crippen LogP contribution in [0, 0.1) is 0 Å². The lowest BCUT2D eigenvalue weighted by molar-refractivity contribution is 0.0548. The third-order valence-corrected chi connectivity index (χ3v) is 2.76. The van der Waals surface area contributed by atoms with Gasteiger partial charge in [-0.05, 0) is 26.7 Å². The van der Waals surface area contributed by atoms with Crippen molar-refractivity contribution >= 4 is 0 Å². The van der Waals surface area contributed by atoms with Crippen LogP contribution >= 0.6 is 0 Å². The topological polar surface area (TPSA) is 12.5 Å². The number of unbranched alkanes of at least 4 members (excludes halogenated alkanes) is 1. The molecule has 0 aromatic heterocycles. The van der Waals surface area contributed by atoms with E-state index in [-0.39, 0.29) is 0 Å². The molecule has 1 heterocycles. The Bertz CT molecular complexity index is 136. The van der Waals surface area contributed by atoms with E-state index in [4.69, 9.17) is 4.74 Å². The fourth-order valence-electron chi connectivity index (χ4n) is 1.75. The summed E-state index contributed by atoms with van der Waals surface area (Å²) in [5, 5.41) is 0. The minimum atomic E-state index is 0.508. The largest absolute Gasteiger partial charge is 0.377 e. The molecule has 0 bridgehead atoms. The van der Waals surface area contributed by atoms with E-state index >= 15 is 0 Å².